The summed E-state index contributed by atoms with van der Waals surface area (Å²) in [6, 6.07) is 0. The second-order valence-electron chi connectivity index (χ2n) is 11.3. The first-order valence-electron chi connectivity index (χ1n) is 16.1. The Bertz CT molecular complexity index is 556. The summed E-state index contributed by atoms with van der Waals surface area (Å²) in [5.41, 5.74) is 0. The number of nitrogens with zero attached hydrogens (tertiary/aromatic N) is 1. The molecule has 3 unspecified atom stereocenters. The van der Waals surface area contributed by atoms with Crippen molar-refractivity contribution in [2.24, 2.45) is 17.8 Å². The van der Waals surface area contributed by atoms with Crippen molar-refractivity contribution >= 4 is 11.9 Å². The summed E-state index contributed by atoms with van der Waals surface area (Å²) >= 11 is 0. The summed E-state index contributed by atoms with van der Waals surface area (Å²) in [6.07, 6.45) is 25.0. The highest BCUT2D eigenvalue weighted by Crippen LogP contribution is 2.23. The van der Waals surface area contributed by atoms with Crippen LogP contribution in [0.15, 0.2) is 12.2 Å². The van der Waals surface area contributed by atoms with Crippen LogP contribution in [0.25, 0.3) is 0 Å². The van der Waals surface area contributed by atoms with E-state index in [1.807, 2.05) is 0 Å². The van der Waals surface area contributed by atoms with E-state index in [2.05, 4.69) is 51.7 Å². The van der Waals surface area contributed by atoms with E-state index >= 15 is 0 Å². The van der Waals surface area contributed by atoms with Crippen LogP contribution >= 0.6 is 0 Å². The van der Waals surface area contributed by atoms with Gasteiger partial charge in [0.05, 0.1) is 5.92 Å². The van der Waals surface area contributed by atoms with Crippen LogP contribution in [0.4, 0.5) is 0 Å². The fourth-order valence-electron chi connectivity index (χ4n) is 5.19. The summed E-state index contributed by atoms with van der Waals surface area (Å²) < 4.78 is 0. The van der Waals surface area contributed by atoms with Gasteiger partial charge in [0.15, 0.2) is 0 Å². The van der Waals surface area contributed by atoms with Gasteiger partial charge < -0.3 is 10.0 Å². The Balaban J connectivity index is 5.45. The first-order valence-corrected chi connectivity index (χ1v) is 16.1. The van der Waals surface area contributed by atoms with Crippen molar-refractivity contribution in [1.29, 1.82) is 0 Å². The Kier molecular flexibility index (Phi) is 24.1. The summed E-state index contributed by atoms with van der Waals surface area (Å²) in [7, 11) is 0. The maximum atomic E-state index is 14.0. The molecule has 0 aromatic rings. The highest BCUT2D eigenvalue weighted by atomic mass is 16.4. The number of aliphatic carboxylic acids is 1. The Labute approximate surface area is 231 Å². The molecule has 0 radical (unpaired) electrons. The zero-order valence-electron chi connectivity index (χ0n) is 25.4. The van der Waals surface area contributed by atoms with Gasteiger partial charge in [0.25, 0.3) is 0 Å². The number of unbranched alkanes of at least 4 members (excludes halogenated alkanes) is 9. The lowest BCUT2D eigenvalue weighted by Gasteiger charge is -2.33. The molecule has 0 aliphatic carbocycles. The fraction of sp³-hybridized carbons (Fsp3) is 0.879. The van der Waals surface area contributed by atoms with Gasteiger partial charge in [-0.3, -0.25) is 9.59 Å². The van der Waals surface area contributed by atoms with Gasteiger partial charge in [0.1, 0.15) is 0 Å². The monoisotopic (exact) mass is 521 g/mol. The van der Waals surface area contributed by atoms with Crippen LogP contribution in [0, 0.1) is 17.8 Å². The second-order valence-corrected chi connectivity index (χ2v) is 11.3. The van der Waals surface area contributed by atoms with Crippen molar-refractivity contribution in [1.82, 2.24) is 4.90 Å². The lowest BCUT2D eigenvalue weighted by atomic mass is 9.93. The summed E-state index contributed by atoms with van der Waals surface area (Å²) in [5.74, 6) is 0.534. The topological polar surface area (TPSA) is 57.6 Å². The van der Waals surface area contributed by atoms with Crippen molar-refractivity contribution in [2.75, 3.05) is 13.1 Å². The maximum absolute atomic E-state index is 14.0. The highest BCUT2D eigenvalue weighted by Gasteiger charge is 2.26. The molecule has 4 heteroatoms. The molecule has 0 aliphatic heterocycles. The van der Waals surface area contributed by atoms with Crippen LogP contribution in [0.1, 0.15) is 157 Å². The molecule has 218 valence electrons. The third-order valence-corrected chi connectivity index (χ3v) is 7.92. The van der Waals surface area contributed by atoms with Crippen molar-refractivity contribution in [2.45, 2.75) is 157 Å². The summed E-state index contributed by atoms with van der Waals surface area (Å²) in [5, 5.41) is 9.06. The highest BCUT2D eigenvalue weighted by molar-refractivity contribution is 5.80. The number of hydrogen-bond acceptors (Lipinski definition) is 2. The van der Waals surface area contributed by atoms with Crippen LogP contribution in [0.2, 0.25) is 0 Å². The average molecular weight is 522 g/mol. The van der Waals surface area contributed by atoms with E-state index in [1.54, 1.807) is 0 Å². The zero-order valence-corrected chi connectivity index (χ0v) is 25.4. The lowest BCUT2D eigenvalue weighted by Crippen LogP contribution is -2.42. The number of amides is 1. The molecule has 0 saturated heterocycles. The Hall–Kier alpha value is -1.32. The maximum Gasteiger partial charge on any atom is 0.303 e. The fourth-order valence-corrected chi connectivity index (χ4v) is 5.19. The molecule has 3 atom stereocenters. The number of carboxylic acid groups (broad SMARTS) is 1. The van der Waals surface area contributed by atoms with Crippen LogP contribution in [0.5, 0.6) is 0 Å². The number of carboxylic acids is 1. The molecule has 1 N–H and O–H groups in total. The van der Waals surface area contributed by atoms with Gasteiger partial charge in [-0.25, -0.2) is 0 Å². The Morgan fingerprint density at radius 3 is 1.73 bits per heavy atom. The predicted molar refractivity (Wildman–Crippen MR) is 160 cm³/mol. The molecule has 0 spiro atoms. The molecule has 0 saturated carbocycles. The summed E-state index contributed by atoms with van der Waals surface area (Å²) in [6.45, 7) is 13.0. The van der Waals surface area contributed by atoms with Crippen LogP contribution in [-0.2, 0) is 9.59 Å². The van der Waals surface area contributed by atoms with Gasteiger partial charge in [0.2, 0.25) is 5.91 Å². The van der Waals surface area contributed by atoms with Crippen molar-refractivity contribution < 1.29 is 14.7 Å². The molecule has 0 rings (SSSR count). The predicted octanol–water partition coefficient (Wildman–Crippen LogP) is 9.82. The largest absolute Gasteiger partial charge is 0.481 e. The SMILES string of the molecule is CCCCCCCC/C=C\C(CCCCC(=O)O)C(=O)N(CC(CC)CCCC)CC(CC)CCCC. The normalized spacial score (nSPS) is 14.1. The van der Waals surface area contributed by atoms with Gasteiger partial charge in [-0.15, -0.1) is 0 Å². The number of carbonyl (C=O) groups is 2. The zero-order chi connectivity index (χ0) is 27.7. The number of hydrogen-bond donors (Lipinski definition) is 1. The van der Waals surface area contributed by atoms with E-state index in [4.69, 9.17) is 5.11 Å². The molecule has 0 aromatic heterocycles. The van der Waals surface area contributed by atoms with Crippen LogP contribution in [-0.4, -0.2) is 35.0 Å². The quantitative estimate of drug-likeness (QED) is 0.0910. The second kappa shape index (κ2) is 25.0. The van der Waals surface area contributed by atoms with E-state index in [9.17, 15) is 9.59 Å². The Morgan fingerprint density at radius 1 is 0.676 bits per heavy atom. The van der Waals surface area contributed by atoms with Crippen LogP contribution in [0.3, 0.4) is 0 Å². The minimum atomic E-state index is -0.744. The average Bonchev–Trinajstić information content (AvgIpc) is 2.89. The minimum Gasteiger partial charge on any atom is -0.481 e. The molecular formula is C33H63NO3. The third-order valence-electron chi connectivity index (χ3n) is 7.92. The van der Waals surface area contributed by atoms with E-state index in [0.29, 0.717) is 18.3 Å². The standard InChI is InChI=1S/C33H63NO3/c1-6-11-14-15-16-17-18-19-24-31(25-20-21-26-32(35)36)33(37)34(27-29(9-4)22-12-7-2)28-30(10-5)23-13-8-3/h19,24,29-31H,6-18,20-23,25-28H2,1-5H3,(H,35,36)/b24-19-. The van der Waals surface area contributed by atoms with Crippen molar-refractivity contribution in [3.05, 3.63) is 12.2 Å². The molecule has 0 fully saturated rings. The van der Waals surface area contributed by atoms with Gasteiger partial charge in [-0.2, -0.15) is 0 Å². The molecule has 0 bridgehead atoms. The first kappa shape index (κ1) is 35.7. The van der Waals surface area contributed by atoms with E-state index in [0.717, 1.165) is 45.2 Å². The van der Waals surface area contributed by atoms with Crippen molar-refractivity contribution in [3.8, 4) is 0 Å². The minimum absolute atomic E-state index is 0.124. The molecule has 1 amide bonds. The lowest BCUT2D eigenvalue weighted by molar-refractivity contribution is -0.137. The van der Waals surface area contributed by atoms with E-state index < -0.39 is 5.97 Å². The van der Waals surface area contributed by atoms with E-state index in [1.165, 1.54) is 77.0 Å². The number of carbonyl (C=O) groups excluding carboxylic acids is 1. The first-order chi connectivity index (χ1) is 17.9. The van der Waals surface area contributed by atoms with Gasteiger partial charge in [-0.05, 0) is 50.4 Å². The van der Waals surface area contributed by atoms with E-state index in [-0.39, 0.29) is 18.2 Å². The molecule has 4 nitrogen and oxygen atoms in total. The third kappa shape index (κ3) is 19.4. The molecule has 0 aromatic carbocycles. The van der Waals surface area contributed by atoms with Gasteiger partial charge in [0, 0.05) is 19.5 Å². The van der Waals surface area contributed by atoms with Gasteiger partial charge in [-0.1, -0.05) is 124 Å². The number of rotatable bonds is 26. The summed E-state index contributed by atoms with van der Waals surface area (Å²) in [4.78, 5) is 27.2. The van der Waals surface area contributed by atoms with Crippen molar-refractivity contribution in [3.63, 3.8) is 0 Å². The van der Waals surface area contributed by atoms with Crippen LogP contribution < -0.4 is 0 Å². The smallest absolute Gasteiger partial charge is 0.303 e. The molecular weight excluding hydrogens is 458 g/mol. The number of allylic oxidation sites excluding steroid dienone is 1. The Morgan fingerprint density at radius 2 is 1.22 bits per heavy atom. The molecule has 37 heavy (non-hydrogen) atoms. The molecule has 0 heterocycles. The van der Waals surface area contributed by atoms with Gasteiger partial charge >= 0.3 is 5.97 Å². The molecule has 0 aliphatic rings.